The molecule has 3 N–H and O–H groups in total. The summed E-state index contributed by atoms with van der Waals surface area (Å²) in [4.78, 5) is 48.1. The van der Waals surface area contributed by atoms with Crippen LogP contribution in [0, 0.1) is 0 Å². The zero-order valence-electron chi connectivity index (χ0n) is 11.5. The van der Waals surface area contributed by atoms with Crippen LogP contribution in [0.1, 0.15) is 18.9 Å². The molecule has 0 radical (unpaired) electrons. The van der Waals surface area contributed by atoms with E-state index >= 15 is 0 Å². The number of carbonyl (C=O) groups is 2. The summed E-state index contributed by atoms with van der Waals surface area (Å²) in [6.07, 6.45) is 0.231. The van der Waals surface area contributed by atoms with Gasteiger partial charge < -0.3 is 5.73 Å². The number of fused-ring (bicyclic) bond motifs is 1. The van der Waals surface area contributed by atoms with Crippen LogP contribution in [0.4, 0.5) is 5.69 Å². The van der Waals surface area contributed by atoms with Crippen LogP contribution in [0.2, 0.25) is 0 Å². The Morgan fingerprint density at radius 2 is 1.68 bits per heavy atom. The highest BCUT2D eigenvalue weighted by atomic mass is 16.2. The molecule has 1 unspecified atom stereocenters. The summed E-state index contributed by atoms with van der Waals surface area (Å²) in [7, 11) is 0. The van der Waals surface area contributed by atoms with E-state index in [1.807, 2.05) is 0 Å². The van der Waals surface area contributed by atoms with Gasteiger partial charge in [0, 0.05) is 12.1 Å². The summed E-state index contributed by atoms with van der Waals surface area (Å²) in [6, 6.07) is 6.71. The molecule has 2 heterocycles. The van der Waals surface area contributed by atoms with Gasteiger partial charge in [-0.3, -0.25) is 29.1 Å². The van der Waals surface area contributed by atoms with Crippen LogP contribution >= 0.6 is 0 Å². The largest absolute Gasteiger partial charge is 0.399 e. The molecule has 3 rings (SSSR count). The van der Waals surface area contributed by atoms with Crippen molar-refractivity contribution < 1.29 is 9.59 Å². The van der Waals surface area contributed by atoms with Gasteiger partial charge in [-0.25, -0.2) is 0 Å². The number of hydrogen-bond acceptors (Lipinski definition) is 5. The predicted molar refractivity (Wildman–Crippen MR) is 79.4 cm³/mol. The molecule has 1 atom stereocenters. The molecule has 2 aliphatic heterocycles. The first kappa shape index (κ1) is 14.0. The first-order chi connectivity index (χ1) is 10.5. The summed E-state index contributed by atoms with van der Waals surface area (Å²) in [6.45, 7) is 0. The lowest BCUT2D eigenvalue weighted by Gasteiger charge is -2.20. The van der Waals surface area contributed by atoms with Gasteiger partial charge in [0.2, 0.25) is 11.8 Å². The lowest BCUT2D eigenvalue weighted by molar-refractivity contribution is -0.135. The molecule has 1 aliphatic carbocycles. The van der Waals surface area contributed by atoms with E-state index in [-0.39, 0.29) is 24.0 Å². The van der Waals surface area contributed by atoms with Crippen LogP contribution in [-0.2, 0) is 9.59 Å². The van der Waals surface area contributed by atoms with Crippen LogP contribution in [0.5, 0.6) is 0 Å². The van der Waals surface area contributed by atoms with Crippen molar-refractivity contribution in [3.05, 3.63) is 51.0 Å². The van der Waals surface area contributed by atoms with Crippen LogP contribution in [-0.4, -0.2) is 16.4 Å². The van der Waals surface area contributed by atoms with Crippen LogP contribution in [0.25, 0.3) is 11.1 Å². The minimum absolute atomic E-state index is 0.0956. The Labute approximate surface area is 124 Å². The van der Waals surface area contributed by atoms with E-state index in [1.165, 1.54) is 18.2 Å². The number of rotatable bonds is 1. The SMILES string of the molecule is Nc1cccc2c(=O)n(C3CCC(=O)NC3=O)c(=O)c-2cc1. The predicted octanol–water partition coefficient (Wildman–Crippen LogP) is -0.127. The van der Waals surface area contributed by atoms with Crippen LogP contribution < -0.4 is 22.2 Å². The van der Waals surface area contributed by atoms with Gasteiger partial charge in [-0.2, -0.15) is 0 Å². The molecule has 22 heavy (non-hydrogen) atoms. The number of nitrogens with one attached hydrogen (secondary N) is 1. The third-order valence-corrected chi connectivity index (χ3v) is 3.70. The van der Waals surface area contributed by atoms with Crippen molar-refractivity contribution in [1.82, 2.24) is 9.88 Å². The molecule has 112 valence electrons. The first-order valence-electron chi connectivity index (χ1n) is 6.77. The Hall–Kier alpha value is -2.96. The maximum atomic E-state index is 12.5. The topological polar surface area (TPSA) is 111 Å². The number of carbonyl (C=O) groups excluding carboxylic acids is 2. The summed E-state index contributed by atoms with van der Waals surface area (Å²) >= 11 is 0. The van der Waals surface area contributed by atoms with E-state index in [4.69, 9.17) is 5.73 Å². The van der Waals surface area contributed by atoms with E-state index in [0.717, 1.165) is 4.57 Å². The number of nitrogen functional groups attached to an aromatic ring is 1. The molecule has 0 aromatic heterocycles. The standard InChI is InChI=1S/C15H13N3O4/c16-8-2-1-3-9-10(5-4-8)15(22)18(14(9)21)11-6-7-12(19)17-13(11)20/h1-5,11H,6-7,16H2,(H,17,19,20). The summed E-state index contributed by atoms with van der Waals surface area (Å²) in [5.74, 6) is -1.03. The van der Waals surface area contributed by atoms with Gasteiger partial charge in [-0.05, 0) is 30.7 Å². The van der Waals surface area contributed by atoms with Crippen molar-refractivity contribution in [2.75, 3.05) is 5.73 Å². The van der Waals surface area contributed by atoms with E-state index in [2.05, 4.69) is 5.32 Å². The fraction of sp³-hybridized carbons (Fsp3) is 0.200. The zero-order valence-corrected chi connectivity index (χ0v) is 11.5. The van der Waals surface area contributed by atoms with Crippen molar-refractivity contribution in [2.45, 2.75) is 18.9 Å². The Morgan fingerprint density at radius 3 is 2.36 bits per heavy atom. The van der Waals surface area contributed by atoms with E-state index < -0.39 is 29.0 Å². The summed E-state index contributed by atoms with van der Waals surface area (Å²) in [5.41, 5.74) is 5.44. The lowest BCUT2D eigenvalue weighted by atomic mass is 10.1. The van der Waals surface area contributed by atoms with E-state index in [9.17, 15) is 19.2 Å². The minimum atomic E-state index is -0.960. The number of hydrogen-bond donors (Lipinski definition) is 2. The molecule has 3 aliphatic rings. The van der Waals surface area contributed by atoms with Gasteiger partial charge in [0.05, 0.1) is 11.1 Å². The van der Waals surface area contributed by atoms with Gasteiger partial charge in [-0.15, -0.1) is 0 Å². The van der Waals surface area contributed by atoms with Crippen LogP contribution in [0.15, 0.2) is 39.9 Å². The highest BCUT2D eigenvalue weighted by Gasteiger charge is 2.32. The van der Waals surface area contributed by atoms with Crippen molar-refractivity contribution >= 4 is 17.5 Å². The Kier molecular flexibility index (Phi) is 3.25. The monoisotopic (exact) mass is 299 g/mol. The maximum absolute atomic E-state index is 12.5. The second kappa shape index (κ2) is 5.10. The fourth-order valence-corrected chi connectivity index (χ4v) is 2.61. The van der Waals surface area contributed by atoms with Crippen molar-refractivity contribution in [3.8, 4) is 11.1 Å². The highest BCUT2D eigenvalue weighted by Crippen LogP contribution is 2.19. The molecule has 0 spiro atoms. The van der Waals surface area contributed by atoms with Gasteiger partial charge in [0.25, 0.3) is 11.1 Å². The third-order valence-electron chi connectivity index (χ3n) is 3.70. The Balaban J connectivity index is 2.23. The number of nitrogens with two attached hydrogens (primary N) is 1. The van der Waals surface area contributed by atoms with E-state index in [1.54, 1.807) is 12.1 Å². The first-order valence-corrected chi connectivity index (χ1v) is 6.77. The lowest BCUT2D eigenvalue weighted by Crippen LogP contribution is -2.46. The van der Waals surface area contributed by atoms with Crippen LogP contribution in [0.3, 0.4) is 0 Å². The Morgan fingerprint density at radius 1 is 1.00 bits per heavy atom. The van der Waals surface area contributed by atoms with Gasteiger partial charge >= 0.3 is 0 Å². The van der Waals surface area contributed by atoms with Crippen molar-refractivity contribution in [2.24, 2.45) is 0 Å². The molecule has 1 saturated heterocycles. The molecule has 7 heteroatoms. The molecule has 0 aromatic rings. The number of nitrogens with zero attached hydrogens (tertiary/aromatic N) is 1. The van der Waals surface area contributed by atoms with Crippen molar-refractivity contribution in [1.29, 1.82) is 0 Å². The van der Waals surface area contributed by atoms with Gasteiger partial charge in [0.15, 0.2) is 0 Å². The molecule has 0 bridgehead atoms. The molecular weight excluding hydrogens is 286 g/mol. The number of amides is 2. The minimum Gasteiger partial charge on any atom is -0.399 e. The second-order valence-electron chi connectivity index (χ2n) is 5.13. The normalized spacial score (nSPS) is 18.3. The molecular formula is C15H13N3O4. The van der Waals surface area contributed by atoms with Gasteiger partial charge in [0.1, 0.15) is 6.04 Å². The third kappa shape index (κ3) is 2.16. The molecule has 2 amide bonds. The quantitative estimate of drug-likeness (QED) is 0.713. The second-order valence-corrected chi connectivity index (χ2v) is 5.13. The Bertz CT molecular complexity index is 871. The fourth-order valence-electron chi connectivity index (χ4n) is 2.61. The number of aromatic nitrogens is 1. The average molecular weight is 299 g/mol. The van der Waals surface area contributed by atoms with E-state index in [0.29, 0.717) is 5.69 Å². The van der Waals surface area contributed by atoms with Crippen molar-refractivity contribution in [3.63, 3.8) is 0 Å². The molecule has 0 aromatic carbocycles. The zero-order chi connectivity index (χ0) is 15.9. The highest BCUT2D eigenvalue weighted by molar-refractivity contribution is 5.99. The van der Waals surface area contributed by atoms with Gasteiger partial charge in [-0.1, -0.05) is 6.07 Å². The number of anilines is 1. The molecule has 7 nitrogen and oxygen atoms in total. The molecule has 1 fully saturated rings. The maximum Gasteiger partial charge on any atom is 0.262 e. The number of piperidine rings is 1. The summed E-state index contributed by atoms with van der Waals surface area (Å²) < 4.78 is 0.919. The molecule has 0 saturated carbocycles. The average Bonchev–Trinajstić information content (AvgIpc) is 2.66. The number of imide groups is 1. The smallest absolute Gasteiger partial charge is 0.262 e. The summed E-state index contributed by atoms with van der Waals surface area (Å²) in [5, 5.41) is 2.15.